The largest absolute Gasteiger partial charge is 0.388 e. The zero-order valence-electron chi connectivity index (χ0n) is 11.0. The van der Waals surface area contributed by atoms with Crippen molar-refractivity contribution in [1.82, 2.24) is 0 Å². The zero-order chi connectivity index (χ0) is 12.8. The van der Waals surface area contributed by atoms with Crippen LogP contribution in [0.3, 0.4) is 0 Å². The van der Waals surface area contributed by atoms with Crippen molar-refractivity contribution in [1.29, 1.82) is 0 Å². The second-order valence-electron chi connectivity index (χ2n) is 4.30. The van der Waals surface area contributed by atoms with E-state index in [0.29, 0.717) is 0 Å². The van der Waals surface area contributed by atoms with Gasteiger partial charge in [-0.05, 0) is 35.2 Å². The van der Waals surface area contributed by atoms with Crippen LogP contribution in [0.2, 0.25) is 0 Å². The van der Waals surface area contributed by atoms with Crippen LogP contribution in [0.5, 0.6) is 0 Å². The third-order valence-electron chi connectivity index (χ3n) is 3.06. The average molecular weight is 237 g/mol. The number of hydrogen-bond donors (Lipinski definition) is 1. The lowest BCUT2D eigenvalue weighted by molar-refractivity contribution is 1.14. The van der Waals surface area contributed by atoms with E-state index in [1.807, 2.05) is 7.05 Å². The molecule has 0 radical (unpaired) electrons. The minimum Gasteiger partial charge on any atom is -0.388 e. The third kappa shape index (κ3) is 3.24. The fourth-order valence-electron chi connectivity index (χ4n) is 1.82. The van der Waals surface area contributed by atoms with E-state index < -0.39 is 0 Å². The number of hydrogen-bond acceptors (Lipinski definition) is 1. The van der Waals surface area contributed by atoms with Gasteiger partial charge in [-0.2, -0.15) is 0 Å². The highest BCUT2D eigenvalue weighted by Gasteiger charge is 1.91. The van der Waals surface area contributed by atoms with E-state index in [4.69, 9.17) is 0 Å². The van der Waals surface area contributed by atoms with Crippen LogP contribution in [0, 0.1) is 0 Å². The van der Waals surface area contributed by atoms with Gasteiger partial charge in [0.1, 0.15) is 0 Å². The molecule has 0 aromatic heterocycles. The Labute approximate surface area is 109 Å². The summed E-state index contributed by atoms with van der Waals surface area (Å²) in [4.78, 5) is 0. The Morgan fingerprint density at radius 2 is 1.33 bits per heavy atom. The molecule has 2 aromatic rings. The van der Waals surface area contributed by atoms with Gasteiger partial charge in [-0.25, -0.2) is 0 Å². The summed E-state index contributed by atoms with van der Waals surface area (Å²) < 4.78 is 0. The van der Waals surface area contributed by atoms with E-state index >= 15 is 0 Å². The van der Waals surface area contributed by atoms with Gasteiger partial charge in [0.05, 0.1) is 0 Å². The summed E-state index contributed by atoms with van der Waals surface area (Å²) in [5, 5.41) is 3.12. The first-order valence-electron chi connectivity index (χ1n) is 6.36. The molecule has 0 saturated carbocycles. The van der Waals surface area contributed by atoms with E-state index in [2.05, 4.69) is 72.9 Å². The van der Waals surface area contributed by atoms with Gasteiger partial charge in [-0.3, -0.25) is 0 Å². The molecule has 0 fully saturated rings. The molecule has 0 bridgehead atoms. The number of aryl methyl sites for hydroxylation is 1. The molecule has 1 nitrogen and oxygen atoms in total. The average Bonchev–Trinajstić information content (AvgIpc) is 2.46. The number of nitrogens with one attached hydrogen (secondary N) is 1. The van der Waals surface area contributed by atoms with Gasteiger partial charge in [0.25, 0.3) is 0 Å². The monoisotopic (exact) mass is 237 g/mol. The zero-order valence-corrected chi connectivity index (χ0v) is 11.0. The van der Waals surface area contributed by atoms with Crippen molar-refractivity contribution in [2.24, 2.45) is 0 Å². The first-order valence-corrected chi connectivity index (χ1v) is 6.36. The van der Waals surface area contributed by atoms with E-state index in [0.717, 1.165) is 12.1 Å². The molecule has 18 heavy (non-hydrogen) atoms. The van der Waals surface area contributed by atoms with Crippen molar-refractivity contribution >= 4 is 17.8 Å². The van der Waals surface area contributed by atoms with Crippen LogP contribution in [0.25, 0.3) is 12.2 Å². The molecule has 0 spiro atoms. The van der Waals surface area contributed by atoms with Crippen molar-refractivity contribution in [2.75, 3.05) is 12.4 Å². The molecule has 0 amide bonds. The van der Waals surface area contributed by atoms with Crippen LogP contribution in [0.4, 0.5) is 5.69 Å². The van der Waals surface area contributed by atoms with Gasteiger partial charge >= 0.3 is 0 Å². The number of rotatable bonds is 4. The van der Waals surface area contributed by atoms with Crippen molar-refractivity contribution in [3.63, 3.8) is 0 Å². The molecule has 1 heteroatoms. The van der Waals surface area contributed by atoms with Gasteiger partial charge in [0.2, 0.25) is 0 Å². The SMILES string of the molecule is CCc1ccc(/C=C/c2ccc(NC)cc2)cc1. The van der Waals surface area contributed by atoms with Gasteiger partial charge in [-0.15, -0.1) is 0 Å². The minimum atomic E-state index is 1.09. The lowest BCUT2D eigenvalue weighted by Crippen LogP contribution is -1.86. The number of anilines is 1. The first-order chi connectivity index (χ1) is 8.81. The maximum Gasteiger partial charge on any atom is 0.0337 e. The molecule has 0 heterocycles. The Bertz CT molecular complexity index is 457. The molecule has 1 N–H and O–H groups in total. The molecule has 0 atom stereocenters. The summed E-state index contributed by atoms with van der Waals surface area (Å²) in [5.41, 5.74) is 4.98. The van der Waals surface area contributed by atoms with Crippen LogP contribution in [0.1, 0.15) is 23.6 Å². The minimum absolute atomic E-state index is 1.09. The predicted molar refractivity (Wildman–Crippen MR) is 80.7 cm³/mol. The maximum atomic E-state index is 3.12. The van der Waals surface area contributed by atoms with E-state index in [9.17, 15) is 0 Å². The topological polar surface area (TPSA) is 12.0 Å². The molecule has 0 aliphatic heterocycles. The molecule has 2 aromatic carbocycles. The highest BCUT2D eigenvalue weighted by molar-refractivity contribution is 5.70. The van der Waals surface area contributed by atoms with Crippen LogP contribution in [0.15, 0.2) is 48.5 Å². The van der Waals surface area contributed by atoms with Gasteiger partial charge in [0.15, 0.2) is 0 Å². The second-order valence-corrected chi connectivity index (χ2v) is 4.30. The van der Waals surface area contributed by atoms with E-state index in [-0.39, 0.29) is 0 Å². The van der Waals surface area contributed by atoms with Crippen LogP contribution < -0.4 is 5.32 Å². The molecular weight excluding hydrogens is 218 g/mol. The normalized spacial score (nSPS) is 10.8. The predicted octanol–water partition coefficient (Wildman–Crippen LogP) is 4.46. The maximum absolute atomic E-state index is 3.12. The van der Waals surface area contributed by atoms with Gasteiger partial charge in [0, 0.05) is 12.7 Å². The summed E-state index contributed by atoms with van der Waals surface area (Å²) in [5.74, 6) is 0. The lowest BCUT2D eigenvalue weighted by Gasteiger charge is -2.00. The summed E-state index contributed by atoms with van der Waals surface area (Å²) >= 11 is 0. The summed E-state index contributed by atoms with van der Waals surface area (Å²) in [6.07, 6.45) is 5.38. The molecule has 2 rings (SSSR count). The highest BCUT2D eigenvalue weighted by atomic mass is 14.8. The smallest absolute Gasteiger partial charge is 0.0337 e. The molecule has 0 aliphatic rings. The molecular formula is C17H19N. The first kappa shape index (κ1) is 12.4. The molecule has 0 aliphatic carbocycles. The van der Waals surface area contributed by atoms with E-state index in [1.165, 1.54) is 16.7 Å². The van der Waals surface area contributed by atoms with Gasteiger partial charge in [-0.1, -0.05) is 55.5 Å². The Balaban J connectivity index is 2.08. The highest BCUT2D eigenvalue weighted by Crippen LogP contribution is 2.13. The van der Waals surface area contributed by atoms with Crippen molar-refractivity contribution in [3.8, 4) is 0 Å². The Hall–Kier alpha value is -2.02. The Morgan fingerprint density at radius 3 is 1.78 bits per heavy atom. The fraction of sp³-hybridized carbons (Fsp3) is 0.176. The summed E-state index contributed by atoms with van der Waals surface area (Å²) in [7, 11) is 1.93. The standard InChI is InChI=1S/C17H19N/c1-3-14-4-6-15(7-5-14)8-9-16-10-12-17(18-2)13-11-16/h4-13,18H,3H2,1-2H3/b9-8+. The summed E-state index contributed by atoms with van der Waals surface area (Å²) in [6, 6.07) is 17.1. The van der Waals surface area contributed by atoms with Crippen molar-refractivity contribution in [3.05, 3.63) is 65.2 Å². The number of benzene rings is 2. The van der Waals surface area contributed by atoms with Crippen LogP contribution in [-0.2, 0) is 6.42 Å². The second kappa shape index (κ2) is 6.06. The fourth-order valence-corrected chi connectivity index (χ4v) is 1.82. The van der Waals surface area contributed by atoms with E-state index in [1.54, 1.807) is 0 Å². The van der Waals surface area contributed by atoms with Crippen LogP contribution in [-0.4, -0.2) is 7.05 Å². The lowest BCUT2D eigenvalue weighted by atomic mass is 10.1. The summed E-state index contributed by atoms with van der Waals surface area (Å²) in [6.45, 7) is 2.17. The quantitative estimate of drug-likeness (QED) is 0.774. The van der Waals surface area contributed by atoms with Gasteiger partial charge < -0.3 is 5.32 Å². The van der Waals surface area contributed by atoms with Crippen molar-refractivity contribution < 1.29 is 0 Å². The Morgan fingerprint density at radius 1 is 0.833 bits per heavy atom. The van der Waals surface area contributed by atoms with Crippen molar-refractivity contribution in [2.45, 2.75) is 13.3 Å². The molecule has 92 valence electrons. The van der Waals surface area contributed by atoms with Crippen LogP contribution >= 0.6 is 0 Å². The molecule has 0 unspecified atom stereocenters. The Kier molecular flexibility index (Phi) is 4.19. The third-order valence-corrected chi connectivity index (χ3v) is 3.06. The molecule has 0 saturated heterocycles.